The highest BCUT2D eigenvalue weighted by Gasteiger charge is 2.31. The Morgan fingerprint density at radius 3 is 2.54 bits per heavy atom. The second-order valence-corrected chi connectivity index (χ2v) is 6.63. The molecule has 1 fully saturated rings. The van der Waals surface area contributed by atoms with Gasteiger partial charge in [-0.3, -0.25) is 4.79 Å². The number of cyclic esters (lactones) is 1. The maximum absolute atomic E-state index is 12.1. The highest BCUT2D eigenvalue weighted by molar-refractivity contribution is 5.74. The minimum atomic E-state index is -0.241. The van der Waals surface area contributed by atoms with Crippen molar-refractivity contribution in [3.8, 4) is 11.5 Å². The van der Waals surface area contributed by atoms with Crippen LogP contribution in [0, 0.1) is 19.8 Å². The Hall–Kier alpha value is -2.49. The molecule has 1 aliphatic rings. The average Bonchev–Trinajstić information content (AvgIpc) is 2.56. The second kappa shape index (κ2) is 6.56. The van der Waals surface area contributed by atoms with Crippen LogP contribution in [0.25, 0.3) is 0 Å². The number of hydrogen-bond donors (Lipinski definition) is 2. The first-order chi connectivity index (χ1) is 11.4. The summed E-state index contributed by atoms with van der Waals surface area (Å²) >= 11 is 0. The predicted molar refractivity (Wildman–Crippen MR) is 91.2 cm³/mol. The first-order valence-corrected chi connectivity index (χ1v) is 8.18. The molecule has 24 heavy (non-hydrogen) atoms. The van der Waals surface area contributed by atoms with E-state index in [1.54, 1.807) is 6.07 Å². The lowest BCUT2D eigenvalue weighted by atomic mass is 9.83. The summed E-state index contributed by atoms with van der Waals surface area (Å²) < 4.78 is 5.40. The molecule has 1 heterocycles. The topological polar surface area (TPSA) is 66.8 Å². The standard InChI is InChI=1S/C20H22O4/c1-12-3-5-15(7-13(12)2)17-10-16(20(23)24-11-17)8-14-4-6-18(21)19(22)9-14/h3-7,9,16-17,21-22H,8,10-11H2,1-2H3. The van der Waals surface area contributed by atoms with Crippen LogP contribution in [0.15, 0.2) is 36.4 Å². The number of aryl methyl sites for hydroxylation is 2. The number of benzene rings is 2. The van der Waals surface area contributed by atoms with Gasteiger partial charge in [-0.25, -0.2) is 0 Å². The van der Waals surface area contributed by atoms with Crippen LogP contribution in [0.5, 0.6) is 11.5 Å². The molecule has 0 radical (unpaired) electrons. The van der Waals surface area contributed by atoms with Gasteiger partial charge in [-0.2, -0.15) is 0 Å². The smallest absolute Gasteiger partial charge is 0.309 e. The van der Waals surface area contributed by atoms with Gasteiger partial charge in [0.05, 0.1) is 12.5 Å². The maximum Gasteiger partial charge on any atom is 0.309 e. The molecule has 126 valence electrons. The van der Waals surface area contributed by atoms with E-state index < -0.39 is 0 Å². The van der Waals surface area contributed by atoms with Gasteiger partial charge < -0.3 is 14.9 Å². The molecular weight excluding hydrogens is 304 g/mol. The molecule has 0 spiro atoms. The van der Waals surface area contributed by atoms with Crippen molar-refractivity contribution in [1.82, 2.24) is 0 Å². The summed E-state index contributed by atoms with van der Waals surface area (Å²) in [5, 5.41) is 19.0. The van der Waals surface area contributed by atoms with E-state index in [-0.39, 0.29) is 29.3 Å². The fourth-order valence-corrected chi connectivity index (χ4v) is 3.21. The average molecular weight is 326 g/mol. The number of carbonyl (C=O) groups is 1. The summed E-state index contributed by atoms with van der Waals surface area (Å²) in [4.78, 5) is 12.1. The quantitative estimate of drug-likeness (QED) is 0.668. The first kappa shape index (κ1) is 16.4. The van der Waals surface area contributed by atoms with E-state index in [9.17, 15) is 15.0 Å². The number of ether oxygens (including phenoxy) is 1. The second-order valence-electron chi connectivity index (χ2n) is 6.63. The Morgan fingerprint density at radius 2 is 1.83 bits per heavy atom. The fraction of sp³-hybridized carbons (Fsp3) is 0.350. The lowest BCUT2D eigenvalue weighted by Crippen LogP contribution is -2.30. The van der Waals surface area contributed by atoms with Gasteiger partial charge in [0.15, 0.2) is 11.5 Å². The van der Waals surface area contributed by atoms with E-state index in [1.807, 2.05) is 0 Å². The van der Waals surface area contributed by atoms with Crippen molar-refractivity contribution in [2.24, 2.45) is 5.92 Å². The molecule has 2 unspecified atom stereocenters. The molecule has 0 bridgehead atoms. The first-order valence-electron chi connectivity index (χ1n) is 8.18. The normalized spacial score (nSPS) is 20.7. The van der Waals surface area contributed by atoms with Crippen LogP contribution in [-0.4, -0.2) is 22.8 Å². The molecule has 2 atom stereocenters. The van der Waals surface area contributed by atoms with Crippen LogP contribution in [0.3, 0.4) is 0 Å². The molecule has 1 saturated heterocycles. The van der Waals surface area contributed by atoms with Gasteiger partial charge in [0.2, 0.25) is 0 Å². The van der Waals surface area contributed by atoms with Crippen molar-refractivity contribution in [2.45, 2.75) is 32.6 Å². The Morgan fingerprint density at radius 1 is 1.04 bits per heavy atom. The molecule has 2 N–H and O–H groups in total. The van der Waals surface area contributed by atoms with Gasteiger partial charge in [0.25, 0.3) is 0 Å². The fourth-order valence-electron chi connectivity index (χ4n) is 3.21. The highest BCUT2D eigenvalue weighted by Crippen LogP contribution is 2.33. The Kier molecular flexibility index (Phi) is 4.47. The molecule has 0 aliphatic carbocycles. The zero-order valence-electron chi connectivity index (χ0n) is 14.0. The number of hydrogen-bond acceptors (Lipinski definition) is 4. The van der Waals surface area contributed by atoms with E-state index in [1.165, 1.54) is 28.8 Å². The van der Waals surface area contributed by atoms with Gasteiger partial charge in [-0.05, 0) is 61.1 Å². The predicted octanol–water partition coefficient (Wildman–Crippen LogP) is 3.60. The van der Waals surface area contributed by atoms with Crippen LogP contribution < -0.4 is 0 Å². The molecule has 0 saturated carbocycles. The summed E-state index contributed by atoms with van der Waals surface area (Å²) in [5.74, 6) is -0.560. The monoisotopic (exact) mass is 326 g/mol. The lowest BCUT2D eigenvalue weighted by Gasteiger charge is -2.29. The molecule has 2 aromatic rings. The zero-order chi connectivity index (χ0) is 17.3. The number of aromatic hydroxyl groups is 2. The van der Waals surface area contributed by atoms with Crippen molar-refractivity contribution in [3.05, 3.63) is 58.7 Å². The molecule has 3 rings (SSSR count). The molecule has 4 nitrogen and oxygen atoms in total. The van der Waals surface area contributed by atoms with Gasteiger partial charge in [0.1, 0.15) is 0 Å². The summed E-state index contributed by atoms with van der Waals surface area (Å²) in [6.45, 7) is 4.59. The van der Waals surface area contributed by atoms with Crippen LogP contribution in [0.1, 0.15) is 34.6 Å². The Labute approximate surface area is 141 Å². The molecule has 2 aromatic carbocycles. The van der Waals surface area contributed by atoms with Gasteiger partial charge in [-0.1, -0.05) is 24.3 Å². The van der Waals surface area contributed by atoms with Crippen molar-refractivity contribution >= 4 is 5.97 Å². The molecular formula is C20H22O4. The van der Waals surface area contributed by atoms with Crippen LogP contribution >= 0.6 is 0 Å². The summed E-state index contributed by atoms with van der Waals surface area (Å²) in [5.41, 5.74) is 4.50. The summed E-state index contributed by atoms with van der Waals surface area (Å²) in [6.07, 6.45) is 1.22. The third-order valence-corrected chi connectivity index (χ3v) is 4.85. The number of phenolic OH excluding ortho intramolecular Hbond substituents is 2. The van der Waals surface area contributed by atoms with Crippen LogP contribution in [-0.2, 0) is 16.0 Å². The molecule has 4 heteroatoms. The van der Waals surface area contributed by atoms with E-state index in [0.29, 0.717) is 13.0 Å². The minimum Gasteiger partial charge on any atom is -0.504 e. The van der Waals surface area contributed by atoms with Crippen molar-refractivity contribution in [1.29, 1.82) is 0 Å². The molecule has 0 aromatic heterocycles. The number of phenols is 2. The van der Waals surface area contributed by atoms with Crippen LogP contribution in [0.2, 0.25) is 0 Å². The van der Waals surface area contributed by atoms with Gasteiger partial charge in [0, 0.05) is 5.92 Å². The third-order valence-electron chi connectivity index (χ3n) is 4.85. The number of esters is 1. The van der Waals surface area contributed by atoms with Crippen LogP contribution in [0.4, 0.5) is 0 Å². The van der Waals surface area contributed by atoms with E-state index in [0.717, 1.165) is 12.0 Å². The SMILES string of the molecule is Cc1ccc(C2COC(=O)C(Cc3ccc(O)c(O)c3)C2)cc1C. The largest absolute Gasteiger partial charge is 0.504 e. The zero-order valence-corrected chi connectivity index (χ0v) is 14.0. The highest BCUT2D eigenvalue weighted by atomic mass is 16.5. The van der Waals surface area contributed by atoms with E-state index >= 15 is 0 Å². The number of rotatable bonds is 3. The lowest BCUT2D eigenvalue weighted by molar-refractivity contribution is -0.154. The molecule has 1 aliphatic heterocycles. The maximum atomic E-state index is 12.1. The van der Waals surface area contributed by atoms with E-state index in [4.69, 9.17) is 4.74 Å². The summed E-state index contributed by atoms with van der Waals surface area (Å²) in [6, 6.07) is 11.1. The van der Waals surface area contributed by atoms with Gasteiger partial charge >= 0.3 is 5.97 Å². The van der Waals surface area contributed by atoms with E-state index in [2.05, 4.69) is 32.0 Å². The number of carbonyl (C=O) groups excluding carboxylic acids is 1. The molecule has 0 amide bonds. The van der Waals surface area contributed by atoms with Gasteiger partial charge in [-0.15, -0.1) is 0 Å². The summed E-state index contributed by atoms with van der Waals surface area (Å²) in [7, 11) is 0. The Balaban J connectivity index is 1.76. The Bertz CT molecular complexity index is 766. The van der Waals surface area contributed by atoms with Crippen molar-refractivity contribution < 1.29 is 19.7 Å². The minimum absolute atomic E-state index is 0.155. The third kappa shape index (κ3) is 3.37. The van der Waals surface area contributed by atoms with Crippen molar-refractivity contribution in [2.75, 3.05) is 6.61 Å². The van der Waals surface area contributed by atoms with Crippen molar-refractivity contribution in [3.63, 3.8) is 0 Å².